The number of rotatable bonds is 4. The van der Waals surface area contributed by atoms with Crippen molar-refractivity contribution in [3.05, 3.63) is 47.2 Å². The normalized spacial score (nSPS) is 10.7. The fraction of sp³-hybridized carbons (Fsp3) is 0.357. The minimum absolute atomic E-state index is 0.750. The maximum absolute atomic E-state index is 6.14. The first kappa shape index (κ1) is 11.7. The second kappa shape index (κ2) is 5.04. The minimum Gasteiger partial charge on any atom is -0.384 e. The van der Waals surface area contributed by atoms with Crippen molar-refractivity contribution in [1.29, 1.82) is 0 Å². The van der Waals surface area contributed by atoms with Gasteiger partial charge in [0.25, 0.3) is 0 Å². The van der Waals surface area contributed by atoms with Crippen LogP contribution in [0.25, 0.3) is 0 Å². The summed E-state index contributed by atoms with van der Waals surface area (Å²) in [6.07, 6.45) is 1.89. The van der Waals surface area contributed by atoms with Crippen molar-refractivity contribution < 1.29 is 0 Å². The predicted octanol–water partition coefficient (Wildman–Crippen LogP) is 2.64. The van der Waals surface area contributed by atoms with Crippen LogP contribution in [0.1, 0.15) is 30.7 Å². The molecule has 0 bridgehead atoms. The second-order valence-corrected chi connectivity index (χ2v) is 4.16. The van der Waals surface area contributed by atoms with Crippen LogP contribution in [0.4, 0.5) is 5.82 Å². The molecule has 1 heterocycles. The zero-order valence-electron chi connectivity index (χ0n) is 10.5. The number of nitrogen functional groups attached to an aromatic ring is 1. The number of anilines is 1. The van der Waals surface area contributed by atoms with Crippen LogP contribution in [0.5, 0.6) is 0 Å². The molecular formula is C14H19N3. The van der Waals surface area contributed by atoms with Crippen molar-refractivity contribution >= 4 is 5.82 Å². The topological polar surface area (TPSA) is 43.8 Å². The van der Waals surface area contributed by atoms with E-state index >= 15 is 0 Å². The largest absolute Gasteiger partial charge is 0.384 e. The Bertz CT molecular complexity index is 486. The quantitative estimate of drug-likeness (QED) is 0.876. The van der Waals surface area contributed by atoms with Crippen molar-refractivity contribution in [2.45, 2.75) is 33.2 Å². The summed E-state index contributed by atoms with van der Waals surface area (Å²) in [6.45, 7) is 4.99. The van der Waals surface area contributed by atoms with Gasteiger partial charge in [-0.05, 0) is 18.4 Å². The van der Waals surface area contributed by atoms with E-state index in [4.69, 9.17) is 5.73 Å². The molecule has 0 aliphatic carbocycles. The van der Waals surface area contributed by atoms with Crippen molar-refractivity contribution in [3.63, 3.8) is 0 Å². The van der Waals surface area contributed by atoms with E-state index in [2.05, 4.69) is 31.1 Å². The number of benzene rings is 1. The Morgan fingerprint density at radius 1 is 1.12 bits per heavy atom. The van der Waals surface area contributed by atoms with Gasteiger partial charge in [-0.2, -0.15) is 5.10 Å². The molecule has 1 aromatic carbocycles. The van der Waals surface area contributed by atoms with Crippen LogP contribution >= 0.6 is 0 Å². The number of nitrogens with zero attached hydrogens (tertiary/aromatic N) is 2. The second-order valence-electron chi connectivity index (χ2n) is 4.16. The lowest BCUT2D eigenvalue weighted by molar-refractivity contribution is 0.683. The fourth-order valence-corrected chi connectivity index (χ4v) is 2.11. The van der Waals surface area contributed by atoms with Gasteiger partial charge in [-0.1, -0.05) is 44.2 Å². The number of nitrogens with two attached hydrogens (primary N) is 1. The van der Waals surface area contributed by atoms with E-state index in [1.54, 1.807) is 0 Å². The molecule has 0 aliphatic heterocycles. The first-order valence-electron chi connectivity index (χ1n) is 6.14. The Hall–Kier alpha value is -1.77. The molecule has 0 saturated heterocycles. The van der Waals surface area contributed by atoms with Crippen LogP contribution in [0.2, 0.25) is 0 Å². The molecule has 17 heavy (non-hydrogen) atoms. The lowest BCUT2D eigenvalue weighted by atomic mass is 10.1. The Morgan fingerprint density at radius 2 is 1.82 bits per heavy atom. The van der Waals surface area contributed by atoms with Gasteiger partial charge in [0.05, 0.1) is 12.2 Å². The maximum Gasteiger partial charge on any atom is 0.125 e. The number of hydrogen-bond acceptors (Lipinski definition) is 2. The third kappa shape index (κ3) is 2.33. The SMILES string of the molecule is CCc1nn(Cc2ccccc2)c(N)c1CC. The molecule has 0 saturated carbocycles. The average Bonchev–Trinajstić information content (AvgIpc) is 2.67. The highest BCUT2D eigenvalue weighted by molar-refractivity contribution is 5.44. The Balaban J connectivity index is 2.31. The highest BCUT2D eigenvalue weighted by Gasteiger charge is 2.12. The summed E-state index contributed by atoms with van der Waals surface area (Å²) in [5, 5.41) is 4.59. The smallest absolute Gasteiger partial charge is 0.125 e. The van der Waals surface area contributed by atoms with E-state index in [1.165, 1.54) is 11.1 Å². The summed E-state index contributed by atoms with van der Waals surface area (Å²) in [4.78, 5) is 0. The molecule has 2 rings (SSSR count). The number of aromatic nitrogens is 2. The van der Waals surface area contributed by atoms with Crippen molar-refractivity contribution in [3.8, 4) is 0 Å². The standard InChI is InChI=1S/C14H19N3/c1-3-12-13(4-2)16-17(14(12)15)10-11-8-6-5-7-9-11/h5-9H,3-4,10,15H2,1-2H3. The highest BCUT2D eigenvalue weighted by atomic mass is 15.3. The molecule has 3 nitrogen and oxygen atoms in total. The van der Waals surface area contributed by atoms with Gasteiger partial charge in [0.2, 0.25) is 0 Å². The zero-order chi connectivity index (χ0) is 12.3. The minimum atomic E-state index is 0.750. The van der Waals surface area contributed by atoms with Crippen molar-refractivity contribution in [2.75, 3.05) is 5.73 Å². The summed E-state index contributed by atoms with van der Waals surface area (Å²) in [6, 6.07) is 10.3. The summed E-state index contributed by atoms with van der Waals surface area (Å²) >= 11 is 0. The van der Waals surface area contributed by atoms with E-state index in [0.717, 1.165) is 30.9 Å². The Morgan fingerprint density at radius 3 is 2.35 bits per heavy atom. The molecule has 0 spiro atoms. The van der Waals surface area contributed by atoms with Gasteiger partial charge in [-0.25, -0.2) is 4.68 Å². The van der Waals surface area contributed by atoms with E-state index < -0.39 is 0 Å². The highest BCUT2D eigenvalue weighted by Crippen LogP contribution is 2.19. The predicted molar refractivity (Wildman–Crippen MR) is 70.9 cm³/mol. The van der Waals surface area contributed by atoms with E-state index in [9.17, 15) is 0 Å². The van der Waals surface area contributed by atoms with Gasteiger partial charge in [-0.15, -0.1) is 0 Å². The van der Waals surface area contributed by atoms with Crippen LogP contribution in [-0.4, -0.2) is 9.78 Å². The summed E-state index contributed by atoms with van der Waals surface area (Å²) in [5.74, 6) is 0.813. The molecule has 1 aromatic heterocycles. The van der Waals surface area contributed by atoms with Gasteiger partial charge in [-0.3, -0.25) is 0 Å². The van der Waals surface area contributed by atoms with E-state index in [0.29, 0.717) is 0 Å². The molecule has 0 fully saturated rings. The van der Waals surface area contributed by atoms with Crippen LogP contribution < -0.4 is 5.73 Å². The van der Waals surface area contributed by atoms with E-state index in [-0.39, 0.29) is 0 Å². The monoisotopic (exact) mass is 229 g/mol. The molecule has 0 radical (unpaired) electrons. The maximum atomic E-state index is 6.14. The average molecular weight is 229 g/mol. The van der Waals surface area contributed by atoms with Crippen molar-refractivity contribution in [1.82, 2.24) is 9.78 Å². The molecule has 0 amide bonds. The zero-order valence-corrected chi connectivity index (χ0v) is 10.5. The van der Waals surface area contributed by atoms with Gasteiger partial charge in [0.1, 0.15) is 5.82 Å². The molecule has 0 unspecified atom stereocenters. The molecule has 90 valence electrons. The van der Waals surface area contributed by atoms with E-state index in [1.807, 2.05) is 22.9 Å². The van der Waals surface area contributed by atoms with Crippen LogP contribution in [0.3, 0.4) is 0 Å². The molecule has 2 N–H and O–H groups in total. The third-order valence-corrected chi connectivity index (χ3v) is 3.04. The summed E-state index contributed by atoms with van der Waals surface area (Å²) in [5.41, 5.74) is 9.69. The Labute approximate surface area is 102 Å². The summed E-state index contributed by atoms with van der Waals surface area (Å²) < 4.78 is 1.91. The first-order valence-corrected chi connectivity index (χ1v) is 6.14. The lowest BCUT2D eigenvalue weighted by Gasteiger charge is -2.04. The van der Waals surface area contributed by atoms with Gasteiger partial charge < -0.3 is 5.73 Å². The summed E-state index contributed by atoms with van der Waals surface area (Å²) in [7, 11) is 0. The third-order valence-electron chi connectivity index (χ3n) is 3.04. The van der Waals surface area contributed by atoms with Gasteiger partial charge >= 0.3 is 0 Å². The number of aryl methyl sites for hydroxylation is 1. The fourth-order valence-electron chi connectivity index (χ4n) is 2.11. The lowest BCUT2D eigenvalue weighted by Crippen LogP contribution is -2.06. The van der Waals surface area contributed by atoms with Gasteiger partial charge in [0.15, 0.2) is 0 Å². The first-order chi connectivity index (χ1) is 8.26. The molecule has 0 atom stereocenters. The van der Waals surface area contributed by atoms with Crippen molar-refractivity contribution in [2.24, 2.45) is 0 Å². The molecule has 3 heteroatoms. The van der Waals surface area contributed by atoms with Crippen LogP contribution in [-0.2, 0) is 19.4 Å². The molecular weight excluding hydrogens is 210 g/mol. The van der Waals surface area contributed by atoms with Crippen LogP contribution in [0.15, 0.2) is 30.3 Å². The number of hydrogen-bond donors (Lipinski definition) is 1. The molecule has 2 aromatic rings. The Kier molecular flexibility index (Phi) is 3.47. The van der Waals surface area contributed by atoms with Gasteiger partial charge in [0, 0.05) is 5.56 Å². The molecule has 0 aliphatic rings. The van der Waals surface area contributed by atoms with Crippen LogP contribution in [0, 0.1) is 0 Å².